The average Bonchev–Trinajstić information content (AvgIpc) is 2.96. The summed E-state index contributed by atoms with van der Waals surface area (Å²) >= 11 is 0. The van der Waals surface area contributed by atoms with E-state index in [-0.39, 0.29) is 36.2 Å². The molecule has 0 aliphatic carbocycles. The molecule has 1 aromatic heterocycles. The number of nitrogens with one attached hydrogen (secondary N) is 1. The standard InChI is InChI=1S/C33H56N6O6/c1-22(2)19-39(29(41)26-23(3)35-30(32(4,5)6)36-27(26)34-12-11-15-43-10)25-18-24(28(40)37-13-16-44-17-14-37)20-38(21-25)31(42)45-33(7,8)9/h22,24-25H,11-21H2,1-10H3,(H,34,35,36)/t24-,25+/m1/s1. The zero-order valence-corrected chi connectivity index (χ0v) is 29.2. The lowest BCUT2D eigenvalue weighted by Gasteiger charge is -2.44. The van der Waals surface area contributed by atoms with Crippen LogP contribution < -0.4 is 5.32 Å². The van der Waals surface area contributed by atoms with Gasteiger partial charge in [-0.3, -0.25) is 9.59 Å². The summed E-state index contributed by atoms with van der Waals surface area (Å²) in [7, 11) is 1.66. The zero-order valence-electron chi connectivity index (χ0n) is 29.2. The number of anilines is 1. The number of aromatic nitrogens is 2. The third-order valence-corrected chi connectivity index (χ3v) is 7.81. The number of amides is 3. The number of piperidine rings is 1. The summed E-state index contributed by atoms with van der Waals surface area (Å²) in [6.45, 7) is 21.6. The largest absolute Gasteiger partial charge is 0.444 e. The van der Waals surface area contributed by atoms with Gasteiger partial charge in [0.25, 0.3) is 5.91 Å². The van der Waals surface area contributed by atoms with E-state index < -0.39 is 23.7 Å². The molecule has 2 aliphatic heterocycles. The van der Waals surface area contributed by atoms with Gasteiger partial charge in [-0.1, -0.05) is 34.6 Å². The number of ether oxygens (including phenoxy) is 3. The summed E-state index contributed by atoms with van der Waals surface area (Å²) in [6, 6.07) is -0.417. The van der Waals surface area contributed by atoms with E-state index in [0.717, 1.165) is 6.42 Å². The molecule has 2 aliphatic rings. The normalized spacial score (nSPS) is 19.4. The third-order valence-electron chi connectivity index (χ3n) is 7.81. The fourth-order valence-corrected chi connectivity index (χ4v) is 5.65. The van der Waals surface area contributed by atoms with Gasteiger partial charge in [-0.05, 0) is 46.5 Å². The first-order valence-electron chi connectivity index (χ1n) is 16.3. The second kappa shape index (κ2) is 15.5. The van der Waals surface area contributed by atoms with Crippen LogP contribution in [0.2, 0.25) is 0 Å². The van der Waals surface area contributed by atoms with Gasteiger partial charge in [-0.15, -0.1) is 0 Å². The molecule has 2 saturated heterocycles. The Kier molecular flexibility index (Phi) is 12.6. The molecule has 1 N–H and O–H groups in total. The van der Waals surface area contributed by atoms with Crippen molar-refractivity contribution in [2.45, 2.75) is 92.2 Å². The van der Waals surface area contributed by atoms with Crippen LogP contribution in [-0.4, -0.2) is 120 Å². The Morgan fingerprint density at radius 3 is 2.29 bits per heavy atom. The number of carbonyl (C=O) groups excluding carboxylic acids is 3. The third kappa shape index (κ3) is 10.3. The maximum Gasteiger partial charge on any atom is 0.410 e. The summed E-state index contributed by atoms with van der Waals surface area (Å²) in [5.74, 6) is 0.540. The van der Waals surface area contributed by atoms with E-state index in [1.165, 1.54) is 0 Å². The first-order valence-corrected chi connectivity index (χ1v) is 16.3. The van der Waals surface area contributed by atoms with Crippen molar-refractivity contribution in [1.29, 1.82) is 0 Å². The molecule has 0 unspecified atom stereocenters. The topological polar surface area (TPSA) is 126 Å². The fraction of sp³-hybridized carbons (Fsp3) is 0.788. The smallest absolute Gasteiger partial charge is 0.410 e. The molecule has 12 heteroatoms. The van der Waals surface area contributed by atoms with E-state index in [9.17, 15) is 14.4 Å². The van der Waals surface area contributed by atoms with Crippen molar-refractivity contribution in [2.75, 3.05) is 71.5 Å². The highest BCUT2D eigenvalue weighted by molar-refractivity contribution is 6.00. The maximum absolute atomic E-state index is 14.7. The Morgan fingerprint density at radius 1 is 1.04 bits per heavy atom. The van der Waals surface area contributed by atoms with Crippen LogP contribution in [0.5, 0.6) is 0 Å². The molecule has 12 nitrogen and oxygen atoms in total. The van der Waals surface area contributed by atoms with Crippen molar-refractivity contribution in [3.8, 4) is 0 Å². The van der Waals surface area contributed by atoms with Crippen molar-refractivity contribution < 1.29 is 28.6 Å². The van der Waals surface area contributed by atoms with Gasteiger partial charge in [0.15, 0.2) is 0 Å². The van der Waals surface area contributed by atoms with E-state index >= 15 is 0 Å². The highest BCUT2D eigenvalue weighted by Crippen LogP contribution is 2.30. The summed E-state index contributed by atoms with van der Waals surface area (Å²) in [5, 5.41) is 3.38. The Bertz CT molecular complexity index is 1170. The van der Waals surface area contributed by atoms with Crippen molar-refractivity contribution in [3.63, 3.8) is 0 Å². The van der Waals surface area contributed by atoms with Crippen molar-refractivity contribution in [3.05, 3.63) is 17.1 Å². The summed E-state index contributed by atoms with van der Waals surface area (Å²) in [5.41, 5.74) is -0.0272. The van der Waals surface area contributed by atoms with Crippen molar-refractivity contribution >= 4 is 23.7 Å². The molecule has 3 rings (SSSR count). The van der Waals surface area contributed by atoms with E-state index in [2.05, 4.69) is 19.2 Å². The Hall–Kier alpha value is -2.99. The highest BCUT2D eigenvalue weighted by Gasteiger charge is 2.42. The molecule has 0 spiro atoms. The summed E-state index contributed by atoms with van der Waals surface area (Å²) in [6.07, 6.45) is 0.690. The van der Waals surface area contributed by atoms with Gasteiger partial charge in [-0.25, -0.2) is 14.8 Å². The number of nitrogens with zero attached hydrogens (tertiary/aromatic N) is 5. The first kappa shape index (κ1) is 36.5. The van der Waals surface area contributed by atoms with Gasteiger partial charge >= 0.3 is 6.09 Å². The Balaban J connectivity index is 2.04. The van der Waals surface area contributed by atoms with E-state index in [0.29, 0.717) is 75.3 Å². The van der Waals surface area contributed by atoms with Crippen molar-refractivity contribution in [2.24, 2.45) is 11.8 Å². The van der Waals surface area contributed by atoms with Crippen LogP contribution in [0.25, 0.3) is 0 Å². The van der Waals surface area contributed by atoms with Crippen molar-refractivity contribution in [1.82, 2.24) is 24.7 Å². The molecular weight excluding hydrogens is 576 g/mol. The lowest BCUT2D eigenvalue weighted by Crippen LogP contribution is -2.58. The predicted octanol–water partition coefficient (Wildman–Crippen LogP) is 4.11. The monoisotopic (exact) mass is 632 g/mol. The molecule has 3 heterocycles. The molecule has 1 aromatic rings. The Labute approximate surface area is 269 Å². The van der Waals surface area contributed by atoms with Crippen LogP contribution >= 0.6 is 0 Å². The first-order chi connectivity index (χ1) is 21.0. The fourth-order valence-electron chi connectivity index (χ4n) is 5.65. The molecule has 2 atom stereocenters. The molecular formula is C33H56N6O6. The lowest BCUT2D eigenvalue weighted by atomic mass is 9.90. The highest BCUT2D eigenvalue weighted by atomic mass is 16.6. The molecule has 0 bridgehead atoms. The van der Waals surface area contributed by atoms with Crippen LogP contribution in [0.4, 0.5) is 10.6 Å². The van der Waals surface area contributed by atoms with E-state index in [4.69, 9.17) is 24.2 Å². The van der Waals surface area contributed by atoms with Gasteiger partial charge in [0.2, 0.25) is 5.91 Å². The van der Waals surface area contributed by atoms with Gasteiger partial charge < -0.3 is 34.2 Å². The van der Waals surface area contributed by atoms with Crippen LogP contribution in [-0.2, 0) is 24.4 Å². The van der Waals surface area contributed by atoms with Crippen LogP contribution in [0, 0.1) is 18.8 Å². The van der Waals surface area contributed by atoms with Gasteiger partial charge in [0.05, 0.1) is 30.9 Å². The van der Waals surface area contributed by atoms with Gasteiger partial charge in [-0.2, -0.15) is 0 Å². The number of aryl methyl sites for hydroxylation is 1. The SMILES string of the molecule is COCCCNc1nc(C(C)(C)C)nc(C)c1C(=O)N(CC(C)C)[C@H]1C[C@@H](C(=O)N2CCOCC2)CN(C(=O)OC(C)(C)C)C1. The molecule has 2 fully saturated rings. The molecule has 0 saturated carbocycles. The van der Waals surface area contributed by atoms with E-state index in [1.54, 1.807) is 12.0 Å². The zero-order chi connectivity index (χ0) is 33.5. The number of likely N-dealkylation sites (tertiary alicyclic amines) is 1. The second-order valence-electron chi connectivity index (χ2n) is 14.6. The number of carbonyl (C=O) groups is 3. The minimum Gasteiger partial charge on any atom is -0.444 e. The minimum atomic E-state index is -0.701. The van der Waals surface area contributed by atoms with Gasteiger partial charge in [0.1, 0.15) is 22.8 Å². The maximum atomic E-state index is 14.7. The second-order valence-corrected chi connectivity index (χ2v) is 14.6. The summed E-state index contributed by atoms with van der Waals surface area (Å²) < 4.78 is 16.4. The summed E-state index contributed by atoms with van der Waals surface area (Å²) in [4.78, 5) is 56.8. The molecule has 45 heavy (non-hydrogen) atoms. The molecule has 0 aromatic carbocycles. The number of morpholine rings is 1. The lowest BCUT2D eigenvalue weighted by molar-refractivity contribution is -0.142. The van der Waals surface area contributed by atoms with Crippen LogP contribution in [0.3, 0.4) is 0 Å². The van der Waals surface area contributed by atoms with E-state index in [1.807, 2.05) is 58.3 Å². The quantitative estimate of drug-likeness (QED) is 0.379. The Morgan fingerprint density at radius 2 is 1.71 bits per heavy atom. The molecule has 0 radical (unpaired) electrons. The average molecular weight is 633 g/mol. The van der Waals surface area contributed by atoms with Crippen LogP contribution in [0.1, 0.15) is 90.1 Å². The van der Waals surface area contributed by atoms with Gasteiger partial charge in [0, 0.05) is 58.4 Å². The number of methoxy groups -OCH3 is 1. The minimum absolute atomic E-state index is 0.0250. The van der Waals surface area contributed by atoms with Crippen LogP contribution in [0.15, 0.2) is 0 Å². The predicted molar refractivity (Wildman–Crippen MR) is 173 cm³/mol. The molecule has 254 valence electrons. The number of hydrogen-bond acceptors (Lipinski definition) is 9. The number of hydrogen-bond donors (Lipinski definition) is 1. The number of rotatable bonds is 10. The molecule has 3 amide bonds.